The van der Waals surface area contributed by atoms with Crippen LogP contribution in [0.3, 0.4) is 0 Å². The first kappa shape index (κ1) is 18.0. The predicted molar refractivity (Wildman–Crippen MR) is 112 cm³/mol. The molecule has 0 atom stereocenters. The van der Waals surface area contributed by atoms with Crippen LogP contribution in [-0.4, -0.2) is 27.7 Å². The van der Waals surface area contributed by atoms with Gasteiger partial charge in [-0.25, -0.2) is 9.37 Å². The molecule has 0 unspecified atom stereocenters. The molecule has 0 N–H and O–H groups in total. The van der Waals surface area contributed by atoms with Gasteiger partial charge in [-0.05, 0) is 66.3 Å². The molecule has 4 nitrogen and oxygen atoms in total. The summed E-state index contributed by atoms with van der Waals surface area (Å²) in [6, 6.07) is 14.0. The van der Waals surface area contributed by atoms with Gasteiger partial charge in [-0.2, -0.15) is 0 Å². The van der Waals surface area contributed by atoms with Gasteiger partial charge in [-0.15, -0.1) is 0 Å². The Kier molecular flexibility index (Phi) is 4.60. The lowest BCUT2D eigenvalue weighted by molar-refractivity contribution is 0.0706. The number of nitrogens with zero attached hydrogens (tertiary/aromatic N) is 3. The Bertz CT molecular complexity index is 1160. The maximum absolute atomic E-state index is 14.3. The Morgan fingerprint density at radius 1 is 1.03 bits per heavy atom. The van der Waals surface area contributed by atoms with E-state index in [0.717, 1.165) is 59.3 Å². The van der Waals surface area contributed by atoms with Crippen LogP contribution in [0, 0.1) is 12.7 Å². The molecule has 0 spiro atoms. The lowest BCUT2D eigenvalue weighted by Crippen LogP contribution is -2.18. The number of hydrogen-bond acceptors (Lipinski definition) is 3. The highest BCUT2D eigenvalue weighted by molar-refractivity contribution is 5.93. The van der Waals surface area contributed by atoms with Gasteiger partial charge in [0.15, 0.2) is 0 Å². The molecule has 4 aromatic rings. The van der Waals surface area contributed by atoms with E-state index in [1.165, 1.54) is 0 Å². The Morgan fingerprint density at radius 2 is 1.86 bits per heavy atom. The van der Waals surface area contributed by atoms with Crippen LogP contribution in [0.15, 0.2) is 61.2 Å². The van der Waals surface area contributed by atoms with Crippen LogP contribution < -0.4 is 0 Å². The monoisotopic (exact) mass is 387 g/mol. The molecular weight excluding hydrogens is 365 g/mol. The van der Waals surface area contributed by atoms with E-state index in [1.807, 2.05) is 36.8 Å². The molecule has 0 amide bonds. The van der Waals surface area contributed by atoms with E-state index in [1.54, 1.807) is 19.2 Å². The number of aryl methyl sites for hydroxylation is 1. The fourth-order valence-corrected chi connectivity index (χ4v) is 4.09. The molecule has 1 aliphatic heterocycles. The van der Waals surface area contributed by atoms with Crippen molar-refractivity contribution in [3.05, 3.63) is 72.6 Å². The van der Waals surface area contributed by atoms with Crippen molar-refractivity contribution in [3.63, 3.8) is 0 Å². The van der Waals surface area contributed by atoms with Crippen molar-refractivity contribution >= 4 is 11.0 Å². The second-order valence-corrected chi connectivity index (χ2v) is 7.59. The summed E-state index contributed by atoms with van der Waals surface area (Å²) in [6.07, 6.45) is 7.51. The van der Waals surface area contributed by atoms with Gasteiger partial charge in [-0.3, -0.25) is 4.98 Å². The minimum atomic E-state index is -0.201. The molecule has 3 heterocycles. The molecule has 2 aromatic heterocycles. The average molecular weight is 387 g/mol. The molecular formula is C24H22FN3O. The van der Waals surface area contributed by atoms with Crippen molar-refractivity contribution < 1.29 is 9.13 Å². The molecule has 29 heavy (non-hydrogen) atoms. The maximum Gasteiger partial charge on any atom is 0.126 e. The van der Waals surface area contributed by atoms with E-state index in [9.17, 15) is 4.39 Å². The first-order chi connectivity index (χ1) is 14.2. The normalized spacial score (nSPS) is 15.1. The van der Waals surface area contributed by atoms with Gasteiger partial charge in [0.05, 0.1) is 17.4 Å². The van der Waals surface area contributed by atoms with Gasteiger partial charge >= 0.3 is 0 Å². The largest absolute Gasteiger partial charge is 0.381 e. The molecule has 0 bridgehead atoms. The first-order valence-corrected chi connectivity index (χ1v) is 9.96. The minimum absolute atomic E-state index is 0.201. The number of ether oxygens (including phenoxy) is 1. The lowest BCUT2D eigenvalue weighted by Gasteiger charge is -2.24. The van der Waals surface area contributed by atoms with Crippen molar-refractivity contribution in [1.82, 2.24) is 14.5 Å². The number of benzene rings is 2. The third-order valence-electron chi connectivity index (χ3n) is 5.75. The number of imidazole rings is 1. The van der Waals surface area contributed by atoms with Crippen molar-refractivity contribution in [3.8, 4) is 22.3 Å². The molecule has 146 valence electrons. The standard InChI is InChI=1S/C24H22FN3O/c1-16-4-5-17(11-22(16)25)20-12-23-24(13-21(20)18-3-2-8-26-14-18)28(15-27-23)19-6-9-29-10-7-19/h2-5,8,11-15,19H,6-7,9-10H2,1H3. The Morgan fingerprint density at radius 3 is 2.62 bits per heavy atom. The zero-order valence-electron chi connectivity index (χ0n) is 16.3. The van der Waals surface area contributed by atoms with Crippen molar-refractivity contribution in [1.29, 1.82) is 0 Å². The van der Waals surface area contributed by atoms with Crippen LogP contribution in [0.4, 0.5) is 4.39 Å². The van der Waals surface area contributed by atoms with Crippen molar-refractivity contribution in [2.45, 2.75) is 25.8 Å². The van der Waals surface area contributed by atoms with Gasteiger partial charge in [0.25, 0.3) is 0 Å². The number of aromatic nitrogens is 3. The van der Waals surface area contributed by atoms with Gasteiger partial charge in [0.1, 0.15) is 5.82 Å². The van der Waals surface area contributed by atoms with E-state index in [2.05, 4.69) is 26.7 Å². The van der Waals surface area contributed by atoms with Crippen molar-refractivity contribution in [2.75, 3.05) is 13.2 Å². The third-order valence-corrected chi connectivity index (χ3v) is 5.75. The average Bonchev–Trinajstić information content (AvgIpc) is 3.19. The minimum Gasteiger partial charge on any atom is -0.381 e. The molecule has 5 heteroatoms. The number of rotatable bonds is 3. The smallest absolute Gasteiger partial charge is 0.126 e. The molecule has 2 aromatic carbocycles. The summed E-state index contributed by atoms with van der Waals surface area (Å²) >= 11 is 0. The lowest BCUT2D eigenvalue weighted by atomic mass is 9.94. The van der Waals surface area contributed by atoms with Gasteiger partial charge in [-0.1, -0.05) is 18.2 Å². The molecule has 0 saturated carbocycles. The Balaban J connectivity index is 1.72. The van der Waals surface area contributed by atoms with E-state index in [0.29, 0.717) is 11.6 Å². The molecule has 1 saturated heterocycles. The molecule has 1 fully saturated rings. The van der Waals surface area contributed by atoms with Crippen molar-refractivity contribution in [2.24, 2.45) is 0 Å². The van der Waals surface area contributed by atoms with Crippen LogP contribution >= 0.6 is 0 Å². The quantitative estimate of drug-likeness (QED) is 0.462. The zero-order chi connectivity index (χ0) is 19.8. The van der Waals surface area contributed by atoms with E-state index in [4.69, 9.17) is 4.74 Å². The number of pyridine rings is 1. The summed E-state index contributed by atoms with van der Waals surface area (Å²) in [5.74, 6) is -0.201. The fraction of sp³-hybridized carbons (Fsp3) is 0.250. The first-order valence-electron chi connectivity index (χ1n) is 9.96. The van der Waals surface area contributed by atoms with Crippen LogP contribution in [0.5, 0.6) is 0 Å². The third kappa shape index (κ3) is 3.32. The molecule has 0 radical (unpaired) electrons. The zero-order valence-corrected chi connectivity index (χ0v) is 16.3. The van der Waals surface area contributed by atoms with Crippen LogP contribution in [-0.2, 0) is 4.74 Å². The summed E-state index contributed by atoms with van der Waals surface area (Å²) in [5.41, 5.74) is 6.48. The summed E-state index contributed by atoms with van der Waals surface area (Å²) in [7, 11) is 0. The highest BCUT2D eigenvalue weighted by Gasteiger charge is 2.20. The molecule has 1 aliphatic rings. The predicted octanol–water partition coefficient (Wildman–Crippen LogP) is 5.56. The topological polar surface area (TPSA) is 39.9 Å². The van der Waals surface area contributed by atoms with E-state index >= 15 is 0 Å². The summed E-state index contributed by atoms with van der Waals surface area (Å²) in [6.45, 7) is 3.33. The summed E-state index contributed by atoms with van der Waals surface area (Å²) < 4.78 is 22.1. The molecule has 0 aliphatic carbocycles. The second kappa shape index (κ2) is 7.41. The van der Waals surface area contributed by atoms with Gasteiger partial charge < -0.3 is 9.30 Å². The van der Waals surface area contributed by atoms with Crippen LogP contribution in [0.1, 0.15) is 24.4 Å². The number of halogens is 1. The SMILES string of the molecule is Cc1ccc(-c2cc3ncn(C4CCOCC4)c3cc2-c2cccnc2)cc1F. The van der Waals surface area contributed by atoms with E-state index in [-0.39, 0.29) is 5.82 Å². The van der Waals surface area contributed by atoms with Crippen LogP contribution in [0.2, 0.25) is 0 Å². The highest BCUT2D eigenvalue weighted by atomic mass is 19.1. The van der Waals surface area contributed by atoms with Gasteiger partial charge in [0.2, 0.25) is 0 Å². The summed E-state index contributed by atoms with van der Waals surface area (Å²) in [4.78, 5) is 8.96. The highest BCUT2D eigenvalue weighted by Crippen LogP contribution is 2.37. The Labute approximate surface area is 169 Å². The van der Waals surface area contributed by atoms with Crippen LogP contribution in [0.25, 0.3) is 33.3 Å². The van der Waals surface area contributed by atoms with Gasteiger partial charge in [0, 0.05) is 37.2 Å². The maximum atomic E-state index is 14.3. The number of fused-ring (bicyclic) bond motifs is 1. The second-order valence-electron chi connectivity index (χ2n) is 7.59. The number of hydrogen-bond donors (Lipinski definition) is 0. The molecule has 5 rings (SSSR count). The Hall–Kier alpha value is -3.05. The fourth-order valence-electron chi connectivity index (χ4n) is 4.09. The summed E-state index contributed by atoms with van der Waals surface area (Å²) in [5, 5.41) is 0. The van der Waals surface area contributed by atoms with E-state index < -0.39 is 0 Å².